The summed E-state index contributed by atoms with van der Waals surface area (Å²) in [4.78, 5) is 0. The second kappa shape index (κ2) is 8.89. The van der Waals surface area contributed by atoms with Crippen molar-refractivity contribution in [1.82, 2.24) is 0 Å². The van der Waals surface area contributed by atoms with Crippen LogP contribution in [0.2, 0.25) is 0 Å². The Bertz CT molecular complexity index is 425. The van der Waals surface area contributed by atoms with Gasteiger partial charge in [-0.05, 0) is 69.4 Å². The summed E-state index contributed by atoms with van der Waals surface area (Å²) in [5.74, 6) is 3.55. The molecule has 0 radical (unpaired) electrons. The van der Waals surface area contributed by atoms with Crippen LogP contribution in [-0.4, -0.2) is 18.8 Å². The Morgan fingerprint density at radius 1 is 1.26 bits per heavy atom. The maximum atomic E-state index is 5.93. The molecule has 1 aliphatic heterocycles. The lowest BCUT2D eigenvalue weighted by Crippen LogP contribution is -2.82. The van der Waals surface area contributed by atoms with Crippen LogP contribution in [0.4, 0.5) is 0 Å². The first-order valence-electron chi connectivity index (χ1n) is 9.44. The minimum absolute atomic E-state index is 0.0663. The highest BCUT2D eigenvalue weighted by molar-refractivity contribution is 4.95. The van der Waals surface area contributed by atoms with Gasteiger partial charge in [-0.15, -0.1) is 0 Å². The number of hydrogen-bond donors (Lipinski definition) is 1. The van der Waals surface area contributed by atoms with Crippen molar-refractivity contribution in [3.63, 3.8) is 0 Å². The number of nitrogens with two attached hydrogens (primary N) is 1. The first kappa shape index (κ1) is 18.5. The highest BCUT2D eigenvalue weighted by Crippen LogP contribution is 2.36. The molecule has 2 heterocycles. The molecule has 23 heavy (non-hydrogen) atoms. The van der Waals surface area contributed by atoms with Gasteiger partial charge in [0.05, 0.1) is 18.4 Å². The van der Waals surface area contributed by atoms with Gasteiger partial charge in [-0.3, -0.25) is 0 Å². The summed E-state index contributed by atoms with van der Waals surface area (Å²) in [5.41, 5.74) is 0.0663. The molecule has 0 amide bonds. The lowest BCUT2D eigenvalue weighted by atomic mass is 9.75. The Morgan fingerprint density at radius 2 is 2.09 bits per heavy atom. The molecular weight excluding hydrogens is 286 g/mol. The van der Waals surface area contributed by atoms with Crippen molar-refractivity contribution >= 4 is 0 Å². The highest BCUT2D eigenvalue weighted by atomic mass is 16.5. The fourth-order valence-electron chi connectivity index (χ4n) is 3.85. The smallest absolute Gasteiger partial charge is 0.157 e. The van der Waals surface area contributed by atoms with Crippen LogP contribution in [0.25, 0.3) is 0 Å². The van der Waals surface area contributed by atoms with Crippen LogP contribution >= 0.6 is 0 Å². The molecule has 132 valence electrons. The lowest BCUT2D eigenvalue weighted by Gasteiger charge is -2.39. The third kappa shape index (κ3) is 6.68. The van der Waals surface area contributed by atoms with E-state index in [1.807, 2.05) is 6.07 Å². The fraction of sp³-hybridized carbons (Fsp3) is 0.800. The zero-order valence-corrected chi connectivity index (χ0v) is 15.5. The molecule has 0 bridgehead atoms. The van der Waals surface area contributed by atoms with Gasteiger partial charge in [-0.25, -0.2) is 0 Å². The predicted molar refractivity (Wildman–Crippen MR) is 94.1 cm³/mol. The summed E-state index contributed by atoms with van der Waals surface area (Å²) < 4.78 is 11.3. The monoisotopic (exact) mass is 322 g/mol. The van der Waals surface area contributed by atoms with Crippen molar-refractivity contribution in [2.45, 2.75) is 71.9 Å². The predicted octanol–water partition coefficient (Wildman–Crippen LogP) is 3.99. The Morgan fingerprint density at radius 3 is 2.74 bits per heavy atom. The molecule has 0 aromatic carbocycles. The van der Waals surface area contributed by atoms with Crippen molar-refractivity contribution in [3.8, 4) is 0 Å². The maximum absolute atomic E-state index is 5.93. The van der Waals surface area contributed by atoms with Crippen molar-refractivity contribution in [2.24, 2.45) is 17.8 Å². The Balaban J connectivity index is 1.80. The van der Waals surface area contributed by atoms with Crippen LogP contribution < -0.4 is 5.32 Å². The normalized spacial score (nSPS) is 22.4. The molecule has 1 saturated heterocycles. The number of rotatable bonds is 9. The van der Waals surface area contributed by atoms with E-state index in [0.717, 1.165) is 36.7 Å². The van der Waals surface area contributed by atoms with E-state index in [-0.39, 0.29) is 5.60 Å². The molecule has 1 aromatic heterocycles. The summed E-state index contributed by atoms with van der Waals surface area (Å²) in [5, 5.41) is 2.39. The van der Waals surface area contributed by atoms with Crippen molar-refractivity contribution < 1.29 is 14.5 Å². The molecular formula is C20H36NO2+. The quantitative estimate of drug-likeness (QED) is 0.698. The van der Waals surface area contributed by atoms with E-state index in [4.69, 9.17) is 9.15 Å². The van der Waals surface area contributed by atoms with Gasteiger partial charge in [0.1, 0.15) is 6.54 Å². The van der Waals surface area contributed by atoms with E-state index >= 15 is 0 Å². The number of hydrogen-bond acceptors (Lipinski definition) is 2. The second-order valence-corrected chi connectivity index (χ2v) is 8.24. The van der Waals surface area contributed by atoms with E-state index < -0.39 is 0 Å². The molecule has 2 N–H and O–H groups in total. The molecule has 1 aromatic rings. The van der Waals surface area contributed by atoms with Gasteiger partial charge in [0.2, 0.25) is 0 Å². The standard InChI is InChI=1S/C20H35NO2/c1-16(2)7-8-17(18-10-13-23-20(3,4)14-18)9-11-21-15-19-6-5-12-22-19/h5-6,12,16-18,21H,7-11,13-15H2,1-4H3/p+1/t17-,18-/m1/s1. The van der Waals surface area contributed by atoms with Gasteiger partial charge in [-0.2, -0.15) is 0 Å². The minimum atomic E-state index is 0.0663. The van der Waals surface area contributed by atoms with Crippen LogP contribution in [0.3, 0.4) is 0 Å². The average Bonchev–Trinajstić information content (AvgIpc) is 2.98. The fourth-order valence-corrected chi connectivity index (χ4v) is 3.85. The van der Waals surface area contributed by atoms with Crippen LogP contribution in [0, 0.1) is 17.8 Å². The molecule has 0 spiro atoms. The molecule has 2 atom stereocenters. The summed E-state index contributed by atoms with van der Waals surface area (Å²) >= 11 is 0. The van der Waals surface area contributed by atoms with Gasteiger partial charge in [-0.1, -0.05) is 20.3 Å². The van der Waals surface area contributed by atoms with Gasteiger partial charge in [0.15, 0.2) is 5.76 Å². The minimum Gasteiger partial charge on any atom is -0.463 e. The second-order valence-electron chi connectivity index (χ2n) is 8.24. The van der Waals surface area contributed by atoms with Crippen LogP contribution in [0.5, 0.6) is 0 Å². The largest absolute Gasteiger partial charge is 0.463 e. The van der Waals surface area contributed by atoms with Gasteiger partial charge in [0.25, 0.3) is 0 Å². The average molecular weight is 323 g/mol. The Kier molecular flexibility index (Phi) is 7.16. The van der Waals surface area contributed by atoms with E-state index in [1.54, 1.807) is 6.26 Å². The molecule has 2 rings (SSSR count). The molecule has 3 heteroatoms. The summed E-state index contributed by atoms with van der Waals surface area (Å²) in [6, 6.07) is 4.03. The van der Waals surface area contributed by atoms with Crippen molar-refractivity contribution in [1.29, 1.82) is 0 Å². The first-order chi connectivity index (χ1) is 11.0. The first-order valence-corrected chi connectivity index (χ1v) is 9.44. The van der Waals surface area contributed by atoms with E-state index in [0.29, 0.717) is 0 Å². The van der Waals surface area contributed by atoms with E-state index in [9.17, 15) is 0 Å². The third-order valence-corrected chi connectivity index (χ3v) is 5.18. The highest BCUT2D eigenvalue weighted by Gasteiger charge is 2.33. The van der Waals surface area contributed by atoms with Gasteiger partial charge >= 0.3 is 0 Å². The Hall–Kier alpha value is -0.800. The summed E-state index contributed by atoms with van der Waals surface area (Å²) in [7, 11) is 0. The van der Waals surface area contributed by atoms with Crippen LogP contribution in [0.1, 0.15) is 65.6 Å². The molecule has 0 aliphatic carbocycles. The van der Waals surface area contributed by atoms with E-state index in [2.05, 4.69) is 39.1 Å². The topological polar surface area (TPSA) is 39.0 Å². The van der Waals surface area contributed by atoms with Crippen molar-refractivity contribution in [2.75, 3.05) is 13.2 Å². The third-order valence-electron chi connectivity index (χ3n) is 5.18. The van der Waals surface area contributed by atoms with Crippen LogP contribution in [0.15, 0.2) is 22.8 Å². The number of quaternary nitrogens is 1. The molecule has 1 fully saturated rings. The molecule has 0 saturated carbocycles. The molecule has 0 unspecified atom stereocenters. The Labute approximate surface area is 142 Å². The number of furan rings is 1. The molecule has 3 nitrogen and oxygen atoms in total. The van der Waals surface area contributed by atoms with Gasteiger partial charge < -0.3 is 14.5 Å². The molecule has 1 aliphatic rings. The SMILES string of the molecule is CC(C)CC[C@H](CC[NH2+]Cc1ccco1)[C@@H]1CCOC(C)(C)C1. The summed E-state index contributed by atoms with van der Waals surface area (Å²) in [6.07, 6.45) is 8.25. The number of ether oxygens (including phenoxy) is 1. The van der Waals surface area contributed by atoms with Gasteiger partial charge in [0, 0.05) is 6.61 Å². The maximum Gasteiger partial charge on any atom is 0.157 e. The van der Waals surface area contributed by atoms with Crippen molar-refractivity contribution in [3.05, 3.63) is 24.2 Å². The lowest BCUT2D eigenvalue weighted by molar-refractivity contribution is -0.673. The zero-order valence-electron chi connectivity index (χ0n) is 15.5. The zero-order chi connectivity index (χ0) is 16.7. The van der Waals surface area contributed by atoms with Crippen LogP contribution in [-0.2, 0) is 11.3 Å². The summed E-state index contributed by atoms with van der Waals surface area (Å²) in [6.45, 7) is 12.3. The van der Waals surface area contributed by atoms with E-state index in [1.165, 1.54) is 38.6 Å².